The lowest BCUT2D eigenvalue weighted by Crippen LogP contribution is -2.51. The number of aromatic amines is 1. The van der Waals surface area contributed by atoms with Crippen LogP contribution in [0.5, 0.6) is 0 Å². The van der Waals surface area contributed by atoms with Crippen LogP contribution >= 0.6 is 0 Å². The van der Waals surface area contributed by atoms with Gasteiger partial charge in [0.1, 0.15) is 0 Å². The van der Waals surface area contributed by atoms with Crippen LogP contribution in [-0.2, 0) is 6.42 Å². The average molecular weight is 294 g/mol. The number of likely N-dealkylation sites (tertiary alicyclic amines) is 1. The number of piperazine rings is 1. The molecule has 0 spiro atoms. The highest BCUT2D eigenvalue weighted by Crippen LogP contribution is 2.23. The monoisotopic (exact) mass is 294 g/mol. The third-order valence-electron chi connectivity index (χ3n) is 5.11. The van der Waals surface area contributed by atoms with E-state index in [0.29, 0.717) is 0 Å². The normalized spacial score (nSPS) is 24.7. The summed E-state index contributed by atoms with van der Waals surface area (Å²) in [5, 5.41) is 13.9. The van der Waals surface area contributed by atoms with Gasteiger partial charge in [0.05, 0.1) is 11.6 Å². The number of fused-ring (bicyclic) bond motifs is 3. The molecule has 0 saturated carbocycles. The molecule has 2 saturated heterocycles. The number of benzene rings is 1. The molecule has 2 bridgehead atoms. The van der Waals surface area contributed by atoms with Gasteiger partial charge < -0.3 is 15.2 Å². The predicted molar refractivity (Wildman–Crippen MR) is 87.7 cm³/mol. The molecular formula is C18H22N4. The number of hydrogen-bond acceptors (Lipinski definition) is 3. The summed E-state index contributed by atoms with van der Waals surface area (Å²) < 4.78 is 0. The van der Waals surface area contributed by atoms with E-state index in [-0.39, 0.29) is 0 Å². The van der Waals surface area contributed by atoms with Crippen molar-refractivity contribution < 1.29 is 0 Å². The molecule has 114 valence electrons. The fourth-order valence-electron chi connectivity index (χ4n) is 4.02. The number of nitrogens with one attached hydrogen (secondary N) is 2. The fraction of sp³-hybridized carbons (Fsp3) is 0.500. The molecule has 22 heavy (non-hydrogen) atoms. The highest BCUT2D eigenvalue weighted by atomic mass is 15.2. The summed E-state index contributed by atoms with van der Waals surface area (Å²) in [6.45, 7) is 3.60. The van der Waals surface area contributed by atoms with Crippen molar-refractivity contribution >= 4 is 10.9 Å². The Labute approximate surface area is 131 Å². The molecule has 2 aromatic rings. The van der Waals surface area contributed by atoms with Crippen molar-refractivity contribution in [3.05, 3.63) is 35.5 Å². The minimum Gasteiger partial charge on any atom is -0.361 e. The molecule has 0 amide bonds. The second-order valence-electron chi connectivity index (χ2n) is 6.69. The standard InChI is InChI=1S/C18H22N4/c19-9-13-3-6-18-17(8-13)14(10-20-18)2-1-7-22-11-15-4-5-16(12-22)21-15/h3,6,8,10,15-16,20-21H,1-2,4-5,7,11-12H2. The van der Waals surface area contributed by atoms with E-state index in [9.17, 15) is 0 Å². The van der Waals surface area contributed by atoms with Gasteiger partial charge >= 0.3 is 0 Å². The van der Waals surface area contributed by atoms with E-state index in [4.69, 9.17) is 5.26 Å². The zero-order valence-electron chi connectivity index (χ0n) is 12.8. The van der Waals surface area contributed by atoms with E-state index in [0.717, 1.165) is 29.6 Å². The maximum absolute atomic E-state index is 9.05. The highest BCUT2D eigenvalue weighted by Gasteiger charge is 2.31. The van der Waals surface area contributed by atoms with Gasteiger partial charge in [0.2, 0.25) is 0 Å². The average Bonchev–Trinajstić information content (AvgIpc) is 3.10. The Bertz CT molecular complexity index is 699. The quantitative estimate of drug-likeness (QED) is 0.910. The molecule has 4 rings (SSSR count). The molecule has 4 heteroatoms. The molecule has 2 aliphatic rings. The third-order valence-corrected chi connectivity index (χ3v) is 5.11. The van der Waals surface area contributed by atoms with Gasteiger partial charge in [0, 0.05) is 42.3 Å². The molecule has 4 nitrogen and oxygen atoms in total. The molecule has 2 fully saturated rings. The van der Waals surface area contributed by atoms with E-state index in [1.807, 2.05) is 18.2 Å². The van der Waals surface area contributed by atoms with Gasteiger partial charge in [0.15, 0.2) is 0 Å². The molecule has 2 atom stereocenters. The number of nitrogens with zero attached hydrogens (tertiary/aromatic N) is 2. The minimum atomic E-state index is 0.727. The third kappa shape index (κ3) is 2.63. The van der Waals surface area contributed by atoms with Crippen molar-refractivity contribution in [2.75, 3.05) is 19.6 Å². The zero-order chi connectivity index (χ0) is 14.9. The van der Waals surface area contributed by atoms with Crippen molar-refractivity contribution in [3.63, 3.8) is 0 Å². The number of nitriles is 1. The largest absolute Gasteiger partial charge is 0.361 e. The summed E-state index contributed by atoms with van der Waals surface area (Å²) in [6.07, 6.45) is 7.06. The first kappa shape index (κ1) is 13.8. The van der Waals surface area contributed by atoms with Gasteiger partial charge in [-0.15, -0.1) is 0 Å². The molecule has 2 N–H and O–H groups in total. The van der Waals surface area contributed by atoms with Crippen LogP contribution in [0, 0.1) is 11.3 Å². The van der Waals surface area contributed by atoms with Crippen LogP contribution in [0.15, 0.2) is 24.4 Å². The summed E-state index contributed by atoms with van der Waals surface area (Å²) in [6, 6.07) is 9.57. The maximum Gasteiger partial charge on any atom is 0.0991 e. The van der Waals surface area contributed by atoms with E-state index in [1.54, 1.807) is 0 Å². The number of aryl methyl sites for hydroxylation is 1. The Hall–Kier alpha value is -1.83. The summed E-state index contributed by atoms with van der Waals surface area (Å²) in [5.41, 5.74) is 3.21. The van der Waals surface area contributed by atoms with E-state index >= 15 is 0 Å². The smallest absolute Gasteiger partial charge is 0.0991 e. The van der Waals surface area contributed by atoms with Gasteiger partial charge in [-0.05, 0) is 56.0 Å². The maximum atomic E-state index is 9.05. The van der Waals surface area contributed by atoms with Crippen LogP contribution in [0.4, 0.5) is 0 Å². The second-order valence-corrected chi connectivity index (χ2v) is 6.69. The van der Waals surface area contributed by atoms with Crippen LogP contribution < -0.4 is 5.32 Å². The lowest BCUT2D eigenvalue weighted by molar-refractivity contribution is 0.194. The Kier molecular flexibility index (Phi) is 3.61. The SMILES string of the molecule is N#Cc1ccc2[nH]cc(CCCN3CC4CCC(C3)N4)c2c1. The van der Waals surface area contributed by atoms with Gasteiger partial charge in [0.25, 0.3) is 0 Å². The van der Waals surface area contributed by atoms with Crippen molar-refractivity contribution in [1.29, 1.82) is 5.26 Å². The van der Waals surface area contributed by atoms with Crippen LogP contribution in [0.3, 0.4) is 0 Å². The van der Waals surface area contributed by atoms with Gasteiger partial charge in [-0.25, -0.2) is 0 Å². The molecule has 2 aliphatic heterocycles. The van der Waals surface area contributed by atoms with Crippen molar-refractivity contribution in [3.8, 4) is 6.07 Å². The van der Waals surface area contributed by atoms with E-state index in [2.05, 4.69) is 27.5 Å². The topological polar surface area (TPSA) is 54.9 Å². The fourth-order valence-corrected chi connectivity index (χ4v) is 4.02. The zero-order valence-corrected chi connectivity index (χ0v) is 12.8. The Morgan fingerprint density at radius 1 is 1.23 bits per heavy atom. The van der Waals surface area contributed by atoms with Crippen molar-refractivity contribution in [2.45, 2.75) is 37.8 Å². The molecule has 3 heterocycles. The van der Waals surface area contributed by atoms with Crippen molar-refractivity contribution in [1.82, 2.24) is 15.2 Å². The summed E-state index contributed by atoms with van der Waals surface area (Å²) in [4.78, 5) is 5.94. The number of H-pyrrole nitrogens is 1. The van der Waals surface area contributed by atoms with Gasteiger partial charge in [-0.2, -0.15) is 5.26 Å². The van der Waals surface area contributed by atoms with Gasteiger partial charge in [-0.3, -0.25) is 0 Å². The summed E-state index contributed by atoms with van der Waals surface area (Å²) >= 11 is 0. The Balaban J connectivity index is 1.38. The highest BCUT2D eigenvalue weighted by molar-refractivity contribution is 5.84. The van der Waals surface area contributed by atoms with Gasteiger partial charge in [-0.1, -0.05) is 0 Å². The predicted octanol–water partition coefficient (Wildman–Crippen LogP) is 2.41. The number of rotatable bonds is 4. The van der Waals surface area contributed by atoms with Crippen LogP contribution in [0.25, 0.3) is 10.9 Å². The molecule has 1 aromatic heterocycles. The van der Waals surface area contributed by atoms with E-state index in [1.165, 1.54) is 49.8 Å². The first-order valence-electron chi connectivity index (χ1n) is 8.30. The first-order valence-corrected chi connectivity index (χ1v) is 8.30. The number of aromatic nitrogens is 1. The second kappa shape index (κ2) is 5.75. The first-order chi connectivity index (χ1) is 10.8. The van der Waals surface area contributed by atoms with Crippen LogP contribution in [0.2, 0.25) is 0 Å². The molecule has 0 aliphatic carbocycles. The van der Waals surface area contributed by atoms with Crippen LogP contribution in [0.1, 0.15) is 30.4 Å². The Morgan fingerprint density at radius 3 is 2.82 bits per heavy atom. The van der Waals surface area contributed by atoms with Crippen LogP contribution in [-0.4, -0.2) is 41.6 Å². The molecule has 0 radical (unpaired) electrons. The number of hydrogen-bond donors (Lipinski definition) is 2. The molecule has 1 aromatic carbocycles. The summed E-state index contributed by atoms with van der Waals surface area (Å²) in [5.74, 6) is 0. The molecule has 2 unspecified atom stereocenters. The minimum absolute atomic E-state index is 0.727. The summed E-state index contributed by atoms with van der Waals surface area (Å²) in [7, 11) is 0. The van der Waals surface area contributed by atoms with E-state index < -0.39 is 0 Å². The lowest BCUT2D eigenvalue weighted by atomic mass is 10.1. The lowest BCUT2D eigenvalue weighted by Gasteiger charge is -2.32. The molecular weight excluding hydrogens is 272 g/mol. The van der Waals surface area contributed by atoms with Crippen molar-refractivity contribution in [2.24, 2.45) is 0 Å². The Morgan fingerprint density at radius 2 is 2.05 bits per heavy atom.